The number of hydrogen-bond donors (Lipinski definition) is 0. The van der Waals surface area contributed by atoms with Crippen LogP contribution in [0.3, 0.4) is 0 Å². The predicted octanol–water partition coefficient (Wildman–Crippen LogP) is 3.93. The number of aromatic nitrogens is 1. The second-order valence-corrected chi connectivity index (χ2v) is 6.56. The van der Waals surface area contributed by atoms with Crippen LogP contribution in [0.4, 0.5) is 18.9 Å². The van der Waals surface area contributed by atoms with Gasteiger partial charge in [0, 0.05) is 44.1 Å². The molecule has 0 N–H and O–H groups in total. The molecule has 0 spiro atoms. The number of hydrogen-bond acceptors (Lipinski definition) is 3. The zero-order valence-electron chi connectivity index (χ0n) is 15.5. The van der Waals surface area contributed by atoms with Crippen LogP contribution in [0, 0.1) is 6.57 Å². The van der Waals surface area contributed by atoms with E-state index in [0.717, 1.165) is 10.7 Å². The SMILES string of the molecule is [C-]#[N+]c1c(C(F)(F)F)cc(-c2ccccc2)n(N=C2CCN(C(C)=O)CC2)c1=O. The van der Waals surface area contributed by atoms with E-state index < -0.39 is 23.0 Å². The molecular formula is C20H17F3N4O2. The van der Waals surface area contributed by atoms with E-state index in [4.69, 9.17) is 6.57 Å². The van der Waals surface area contributed by atoms with E-state index in [9.17, 15) is 22.8 Å². The molecule has 0 bridgehead atoms. The van der Waals surface area contributed by atoms with Crippen molar-refractivity contribution < 1.29 is 18.0 Å². The van der Waals surface area contributed by atoms with Gasteiger partial charge in [-0.1, -0.05) is 30.3 Å². The number of likely N-dealkylation sites (tertiary alicyclic amines) is 1. The van der Waals surface area contributed by atoms with Gasteiger partial charge in [-0.15, -0.1) is 0 Å². The molecule has 29 heavy (non-hydrogen) atoms. The van der Waals surface area contributed by atoms with Crippen LogP contribution in [-0.2, 0) is 11.0 Å². The Balaban J connectivity index is 2.18. The highest BCUT2D eigenvalue weighted by Crippen LogP contribution is 2.37. The van der Waals surface area contributed by atoms with Crippen molar-refractivity contribution in [3.8, 4) is 11.3 Å². The van der Waals surface area contributed by atoms with Crippen molar-refractivity contribution in [2.75, 3.05) is 13.1 Å². The lowest BCUT2D eigenvalue weighted by Gasteiger charge is -2.26. The van der Waals surface area contributed by atoms with Gasteiger partial charge in [-0.2, -0.15) is 18.3 Å². The molecule has 2 aromatic rings. The largest absolute Gasteiger partial charge is 0.407 e. The lowest BCUT2D eigenvalue weighted by molar-refractivity contribution is -0.137. The van der Waals surface area contributed by atoms with E-state index in [-0.39, 0.29) is 11.6 Å². The summed E-state index contributed by atoms with van der Waals surface area (Å²) in [6.45, 7) is 9.38. The molecule has 1 saturated heterocycles. The maximum absolute atomic E-state index is 13.5. The van der Waals surface area contributed by atoms with Crippen molar-refractivity contribution >= 4 is 17.3 Å². The molecule has 150 valence electrons. The molecule has 1 amide bonds. The Labute approximate surface area is 164 Å². The molecule has 1 aromatic carbocycles. The summed E-state index contributed by atoms with van der Waals surface area (Å²) in [5.41, 5.74) is -2.50. The molecule has 2 heterocycles. The summed E-state index contributed by atoms with van der Waals surface area (Å²) >= 11 is 0. The topological polar surface area (TPSA) is 59.0 Å². The normalized spacial score (nSPS) is 14.4. The van der Waals surface area contributed by atoms with Crippen LogP contribution in [0.2, 0.25) is 0 Å². The van der Waals surface area contributed by atoms with E-state index in [0.29, 0.717) is 37.2 Å². The third-order valence-corrected chi connectivity index (χ3v) is 4.67. The molecule has 0 radical (unpaired) electrons. The molecule has 3 rings (SSSR count). The highest BCUT2D eigenvalue weighted by molar-refractivity contribution is 5.87. The van der Waals surface area contributed by atoms with Crippen LogP contribution in [-0.4, -0.2) is 34.3 Å². The van der Waals surface area contributed by atoms with Crippen LogP contribution in [0.1, 0.15) is 25.3 Å². The standard InChI is InChI=1S/C20H17F3N4O2/c1-13(28)26-10-8-15(9-11-26)25-27-17(14-6-4-3-5-7-14)12-16(20(21,22)23)18(24-2)19(27)29/h3-7,12H,8-11H2,1H3. The lowest BCUT2D eigenvalue weighted by Crippen LogP contribution is -2.37. The van der Waals surface area contributed by atoms with Crippen LogP contribution in [0.25, 0.3) is 16.1 Å². The minimum Gasteiger partial charge on any atom is -0.342 e. The van der Waals surface area contributed by atoms with Crippen molar-refractivity contribution in [2.24, 2.45) is 5.10 Å². The first-order chi connectivity index (χ1) is 13.7. The molecule has 1 aromatic heterocycles. The smallest absolute Gasteiger partial charge is 0.342 e. The van der Waals surface area contributed by atoms with Crippen molar-refractivity contribution in [1.29, 1.82) is 0 Å². The second-order valence-electron chi connectivity index (χ2n) is 6.56. The first kappa shape index (κ1) is 20.3. The molecule has 0 saturated carbocycles. The number of benzene rings is 1. The molecule has 9 heteroatoms. The number of halogens is 3. The van der Waals surface area contributed by atoms with Crippen LogP contribution < -0.4 is 5.56 Å². The minimum atomic E-state index is -4.85. The van der Waals surface area contributed by atoms with Crippen molar-refractivity contribution in [2.45, 2.75) is 25.9 Å². The fourth-order valence-electron chi connectivity index (χ4n) is 3.15. The highest BCUT2D eigenvalue weighted by Gasteiger charge is 2.36. The fourth-order valence-corrected chi connectivity index (χ4v) is 3.15. The number of carbonyl (C=O) groups excluding carboxylic acids is 1. The zero-order chi connectivity index (χ0) is 21.2. The molecule has 1 aliphatic rings. The molecule has 0 unspecified atom stereocenters. The average molecular weight is 402 g/mol. The van der Waals surface area contributed by atoms with Gasteiger partial charge in [0.25, 0.3) is 11.2 Å². The Bertz CT molecular complexity index is 1060. The Morgan fingerprint density at radius 1 is 1.17 bits per heavy atom. The Hall–Kier alpha value is -3.41. The van der Waals surface area contributed by atoms with Crippen LogP contribution in [0.5, 0.6) is 0 Å². The molecule has 0 atom stereocenters. The lowest BCUT2D eigenvalue weighted by atomic mass is 10.1. The maximum Gasteiger partial charge on any atom is 0.407 e. The first-order valence-electron chi connectivity index (χ1n) is 8.84. The molecular weight excluding hydrogens is 385 g/mol. The van der Waals surface area contributed by atoms with Crippen molar-refractivity contribution in [1.82, 2.24) is 9.58 Å². The highest BCUT2D eigenvalue weighted by atomic mass is 19.4. The van der Waals surface area contributed by atoms with Crippen LogP contribution in [0.15, 0.2) is 46.3 Å². The van der Waals surface area contributed by atoms with Gasteiger partial charge in [0.1, 0.15) is 0 Å². The molecule has 1 fully saturated rings. The Kier molecular flexibility index (Phi) is 5.55. The van der Waals surface area contributed by atoms with Crippen molar-refractivity contribution in [3.05, 3.63) is 63.7 Å². The first-order valence-corrected chi connectivity index (χ1v) is 8.84. The number of alkyl halides is 3. The summed E-state index contributed by atoms with van der Waals surface area (Å²) in [5, 5.41) is 4.29. The predicted molar refractivity (Wildman–Crippen MR) is 102 cm³/mol. The summed E-state index contributed by atoms with van der Waals surface area (Å²) in [7, 11) is 0. The van der Waals surface area contributed by atoms with Crippen molar-refractivity contribution in [3.63, 3.8) is 0 Å². The molecule has 1 aliphatic heterocycles. The summed E-state index contributed by atoms with van der Waals surface area (Å²) in [6.07, 6.45) is -4.05. The van der Waals surface area contributed by atoms with Gasteiger partial charge in [-0.3, -0.25) is 9.59 Å². The number of nitrogens with zero attached hydrogens (tertiary/aromatic N) is 4. The Morgan fingerprint density at radius 2 is 1.79 bits per heavy atom. The zero-order valence-corrected chi connectivity index (χ0v) is 15.5. The number of rotatable bonds is 2. The van der Waals surface area contributed by atoms with E-state index in [1.165, 1.54) is 6.92 Å². The Morgan fingerprint density at radius 3 is 2.31 bits per heavy atom. The summed E-state index contributed by atoms with van der Waals surface area (Å²) in [4.78, 5) is 28.7. The van der Waals surface area contributed by atoms with Gasteiger partial charge in [-0.05, 0) is 6.07 Å². The molecule has 0 aliphatic carbocycles. The van der Waals surface area contributed by atoms with E-state index in [2.05, 4.69) is 9.95 Å². The van der Waals surface area contributed by atoms with Gasteiger partial charge in [0.2, 0.25) is 5.91 Å². The quantitative estimate of drug-likeness (QED) is 0.715. The average Bonchev–Trinajstić information content (AvgIpc) is 2.69. The van der Waals surface area contributed by atoms with E-state index in [1.54, 1.807) is 35.2 Å². The summed E-state index contributed by atoms with van der Waals surface area (Å²) in [5.74, 6) is -0.0731. The summed E-state index contributed by atoms with van der Waals surface area (Å²) < 4.78 is 41.2. The van der Waals surface area contributed by atoms with E-state index in [1.807, 2.05) is 0 Å². The maximum atomic E-state index is 13.5. The second kappa shape index (κ2) is 7.91. The van der Waals surface area contributed by atoms with Gasteiger partial charge >= 0.3 is 6.18 Å². The third-order valence-electron chi connectivity index (χ3n) is 4.67. The van der Waals surface area contributed by atoms with Crippen LogP contribution >= 0.6 is 0 Å². The monoisotopic (exact) mass is 402 g/mol. The van der Waals surface area contributed by atoms with Gasteiger partial charge in [0.05, 0.1) is 17.8 Å². The van der Waals surface area contributed by atoms with Gasteiger partial charge < -0.3 is 4.90 Å². The summed E-state index contributed by atoms with van der Waals surface area (Å²) in [6, 6.07) is 8.91. The number of piperidine rings is 1. The van der Waals surface area contributed by atoms with Gasteiger partial charge in [0.15, 0.2) is 0 Å². The number of pyridine rings is 1. The fraction of sp³-hybridized carbons (Fsp3) is 0.300. The van der Waals surface area contributed by atoms with E-state index >= 15 is 0 Å². The molecule has 6 nitrogen and oxygen atoms in total. The van der Waals surface area contributed by atoms with Gasteiger partial charge in [-0.25, -0.2) is 9.52 Å². The minimum absolute atomic E-state index is 0.0446. The number of carbonyl (C=O) groups is 1. The number of amides is 1. The third kappa shape index (κ3) is 4.21.